The maximum atomic E-state index is 12.2. The van der Waals surface area contributed by atoms with E-state index in [9.17, 15) is 14.7 Å². The molecule has 0 aliphatic heterocycles. The standard InChI is InChI=1S/C22H22O8/c1-26-18-12-16(23)8-5-15(18)11-20(22(25)29-4)30-17-9-6-14(19(13-17)27-2)7-10-21(24)28-3/h5-13,23H,1-4H3/b10-7+,20-11-. The highest BCUT2D eigenvalue weighted by atomic mass is 16.6. The molecule has 0 unspecified atom stereocenters. The molecule has 0 saturated heterocycles. The van der Waals surface area contributed by atoms with Crippen molar-refractivity contribution in [3.63, 3.8) is 0 Å². The van der Waals surface area contributed by atoms with Crippen LogP contribution in [0.1, 0.15) is 11.1 Å². The van der Waals surface area contributed by atoms with E-state index < -0.39 is 11.9 Å². The molecule has 0 fully saturated rings. The van der Waals surface area contributed by atoms with Gasteiger partial charge in [-0.1, -0.05) is 0 Å². The molecule has 0 amide bonds. The van der Waals surface area contributed by atoms with Crippen molar-refractivity contribution in [2.45, 2.75) is 0 Å². The van der Waals surface area contributed by atoms with Crippen molar-refractivity contribution in [1.29, 1.82) is 0 Å². The van der Waals surface area contributed by atoms with Gasteiger partial charge in [0, 0.05) is 29.3 Å². The second-order valence-corrected chi connectivity index (χ2v) is 5.79. The summed E-state index contributed by atoms with van der Waals surface area (Å²) in [5.41, 5.74) is 1.11. The molecule has 0 aromatic heterocycles. The number of carbonyl (C=O) groups excluding carboxylic acids is 2. The summed E-state index contributed by atoms with van der Waals surface area (Å²) in [5, 5.41) is 9.60. The van der Waals surface area contributed by atoms with Crippen LogP contribution >= 0.6 is 0 Å². The van der Waals surface area contributed by atoms with Crippen molar-refractivity contribution in [1.82, 2.24) is 0 Å². The Hall–Kier alpha value is -3.94. The van der Waals surface area contributed by atoms with Crippen LogP contribution in [0, 0.1) is 0 Å². The van der Waals surface area contributed by atoms with Crippen molar-refractivity contribution in [2.75, 3.05) is 28.4 Å². The van der Waals surface area contributed by atoms with Gasteiger partial charge in [-0.05, 0) is 36.4 Å². The van der Waals surface area contributed by atoms with Gasteiger partial charge in [-0.15, -0.1) is 0 Å². The molecule has 0 bridgehead atoms. The molecule has 158 valence electrons. The average Bonchev–Trinajstić information content (AvgIpc) is 2.77. The molecule has 0 spiro atoms. The zero-order valence-electron chi connectivity index (χ0n) is 17.0. The van der Waals surface area contributed by atoms with Crippen LogP contribution in [0.15, 0.2) is 48.2 Å². The van der Waals surface area contributed by atoms with Gasteiger partial charge in [0.05, 0.1) is 28.4 Å². The van der Waals surface area contributed by atoms with E-state index in [0.29, 0.717) is 28.4 Å². The Morgan fingerprint density at radius 2 is 1.53 bits per heavy atom. The van der Waals surface area contributed by atoms with E-state index in [2.05, 4.69) is 4.74 Å². The van der Waals surface area contributed by atoms with Crippen LogP contribution in [-0.2, 0) is 19.1 Å². The largest absolute Gasteiger partial charge is 0.508 e. The highest BCUT2D eigenvalue weighted by Crippen LogP contribution is 2.29. The Labute approximate surface area is 173 Å². The molecule has 0 aliphatic carbocycles. The first-order valence-corrected chi connectivity index (χ1v) is 8.70. The predicted molar refractivity (Wildman–Crippen MR) is 109 cm³/mol. The lowest BCUT2D eigenvalue weighted by Gasteiger charge is -2.12. The van der Waals surface area contributed by atoms with Gasteiger partial charge in [0.15, 0.2) is 0 Å². The van der Waals surface area contributed by atoms with Crippen molar-refractivity contribution in [3.05, 3.63) is 59.4 Å². The lowest BCUT2D eigenvalue weighted by molar-refractivity contribution is -0.138. The smallest absolute Gasteiger partial charge is 0.373 e. The van der Waals surface area contributed by atoms with Gasteiger partial charge >= 0.3 is 11.9 Å². The zero-order valence-corrected chi connectivity index (χ0v) is 17.0. The summed E-state index contributed by atoms with van der Waals surface area (Å²) >= 11 is 0. The number of ether oxygens (including phenoxy) is 5. The summed E-state index contributed by atoms with van der Waals surface area (Å²) in [6.07, 6.45) is 4.23. The molecule has 0 saturated carbocycles. The van der Waals surface area contributed by atoms with Gasteiger partial charge in [-0.25, -0.2) is 9.59 Å². The van der Waals surface area contributed by atoms with E-state index >= 15 is 0 Å². The number of hydrogen-bond donors (Lipinski definition) is 1. The van der Waals surface area contributed by atoms with E-state index in [1.807, 2.05) is 0 Å². The minimum atomic E-state index is -0.709. The SMILES string of the molecule is COC(=O)/C=C/c1ccc(O/C(=C\c2ccc(O)cc2OC)C(=O)OC)cc1OC. The molecule has 0 radical (unpaired) electrons. The quantitative estimate of drug-likeness (QED) is 0.399. The second-order valence-electron chi connectivity index (χ2n) is 5.79. The molecule has 8 nitrogen and oxygen atoms in total. The topological polar surface area (TPSA) is 101 Å². The van der Waals surface area contributed by atoms with Gasteiger partial charge < -0.3 is 28.8 Å². The summed E-state index contributed by atoms with van der Waals surface area (Å²) in [7, 11) is 5.42. The Morgan fingerprint density at radius 1 is 0.867 bits per heavy atom. The third kappa shape index (κ3) is 5.78. The van der Waals surface area contributed by atoms with Crippen LogP contribution in [0.3, 0.4) is 0 Å². The number of rotatable bonds is 8. The Balaban J connectivity index is 2.39. The molecule has 2 aromatic carbocycles. The van der Waals surface area contributed by atoms with Gasteiger partial charge in [0.2, 0.25) is 5.76 Å². The van der Waals surface area contributed by atoms with Crippen LogP contribution in [0.4, 0.5) is 0 Å². The molecule has 0 atom stereocenters. The molecule has 2 rings (SSSR count). The van der Waals surface area contributed by atoms with E-state index in [-0.39, 0.29) is 11.5 Å². The van der Waals surface area contributed by atoms with E-state index in [1.54, 1.807) is 24.3 Å². The minimum absolute atomic E-state index is 0.0184. The van der Waals surface area contributed by atoms with E-state index in [1.165, 1.54) is 58.8 Å². The number of phenolic OH excluding ortho intramolecular Hbond substituents is 1. The summed E-state index contributed by atoms with van der Waals surface area (Å²) in [5.74, 6) is -0.238. The van der Waals surface area contributed by atoms with Crippen molar-refractivity contribution in [3.8, 4) is 23.0 Å². The van der Waals surface area contributed by atoms with Crippen molar-refractivity contribution >= 4 is 24.1 Å². The first kappa shape index (κ1) is 22.4. The summed E-state index contributed by atoms with van der Waals surface area (Å²) in [4.78, 5) is 23.5. The number of phenols is 1. The number of carbonyl (C=O) groups is 2. The van der Waals surface area contributed by atoms with Crippen LogP contribution in [0.5, 0.6) is 23.0 Å². The highest BCUT2D eigenvalue weighted by molar-refractivity contribution is 5.92. The van der Waals surface area contributed by atoms with E-state index in [0.717, 1.165) is 0 Å². The molecular weight excluding hydrogens is 392 g/mol. The summed E-state index contributed by atoms with van der Waals surface area (Å²) in [6.45, 7) is 0. The van der Waals surface area contributed by atoms with Crippen LogP contribution in [0.25, 0.3) is 12.2 Å². The van der Waals surface area contributed by atoms with Crippen molar-refractivity contribution < 1.29 is 38.4 Å². The average molecular weight is 414 g/mol. The second kappa shape index (κ2) is 10.6. The van der Waals surface area contributed by atoms with E-state index in [4.69, 9.17) is 18.9 Å². The minimum Gasteiger partial charge on any atom is -0.508 e. The third-order valence-electron chi connectivity index (χ3n) is 3.92. The molecular formula is C22H22O8. The normalized spacial score (nSPS) is 11.1. The molecule has 2 aromatic rings. The fourth-order valence-electron chi connectivity index (χ4n) is 2.44. The lowest BCUT2D eigenvalue weighted by atomic mass is 10.1. The van der Waals surface area contributed by atoms with Crippen LogP contribution in [-0.4, -0.2) is 45.5 Å². The molecule has 30 heavy (non-hydrogen) atoms. The number of esters is 2. The Morgan fingerprint density at radius 3 is 2.17 bits per heavy atom. The third-order valence-corrected chi connectivity index (χ3v) is 3.92. The van der Waals surface area contributed by atoms with Gasteiger partial charge in [0.1, 0.15) is 23.0 Å². The maximum absolute atomic E-state index is 12.2. The fourth-order valence-corrected chi connectivity index (χ4v) is 2.44. The lowest BCUT2D eigenvalue weighted by Crippen LogP contribution is -2.11. The number of hydrogen-bond acceptors (Lipinski definition) is 8. The number of benzene rings is 2. The predicted octanol–water partition coefficient (Wildman–Crippen LogP) is 3.19. The zero-order chi connectivity index (χ0) is 22.1. The molecule has 8 heteroatoms. The fraction of sp³-hybridized carbons (Fsp3) is 0.182. The molecule has 1 N–H and O–H groups in total. The first-order valence-electron chi connectivity index (χ1n) is 8.70. The highest BCUT2D eigenvalue weighted by Gasteiger charge is 2.16. The van der Waals surface area contributed by atoms with Gasteiger partial charge in [-0.3, -0.25) is 0 Å². The number of methoxy groups -OCH3 is 4. The molecule has 0 heterocycles. The number of aromatic hydroxyl groups is 1. The molecule has 0 aliphatic rings. The van der Waals surface area contributed by atoms with Crippen molar-refractivity contribution in [2.24, 2.45) is 0 Å². The van der Waals surface area contributed by atoms with Gasteiger partial charge in [0.25, 0.3) is 0 Å². The summed E-state index contributed by atoms with van der Waals surface area (Å²) < 4.78 is 25.6. The monoisotopic (exact) mass is 414 g/mol. The Bertz CT molecular complexity index is 975. The van der Waals surface area contributed by atoms with Crippen LogP contribution in [0.2, 0.25) is 0 Å². The first-order chi connectivity index (χ1) is 14.4. The Kier molecular flexibility index (Phi) is 7.87. The maximum Gasteiger partial charge on any atom is 0.373 e. The van der Waals surface area contributed by atoms with Gasteiger partial charge in [-0.2, -0.15) is 0 Å². The van der Waals surface area contributed by atoms with Crippen LogP contribution < -0.4 is 14.2 Å². The summed E-state index contributed by atoms with van der Waals surface area (Å²) in [6, 6.07) is 9.25.